The second-order valence-electron chi connectivity index (χ2n) is 3.23. The molecule has 0 spiro atoms. The van der Waals surface area contributed by atoms with Gasteiger partial charge in [-0.25, -0.2) is 10.2 Å². The summed E-state index contributed by atoms with van der Waals surface area (Å²) < 4.78 is 38.0. The number of hydrogen-bond donors (Lipinski definition) is 2. The second-order valence-corrected chi connectivity index (χ2v) is 3.23. The Hall–Kier alpha value is -2.65. The van der Waals surface area contributed by atoms with E-state index >= 15 is 0 Å². The molecule has 0 atom stereocenters. The Balaban J connectivity index is 3.34. The zero-order valence-electron chi connectivity index (χ0n) is 9.14. The van der Waals surface area contributed by atoms with Crippen molar-refractivity contribution in [3.05, 3.63) is 39.4 Å². The minimum atomic E-state index is -4.79. The first-order chi connectivity index (χ1) is 8.73. The number of hydrazone groups is 1. The average Bonchev–Trinajstić information content (AvgIpc) is 2.26. The average molecular weight is 276 g/mol. The quantitative estimate of drug-likeness (QED) is 0.497. The number of primary amides is 1. The van der Waals surface area contributed by atoms with Crippen molar-refractivity contribution in [2.24, 2.45) is 10.8 Å². The number of amides is 2. The van der Waals surface area contributed by atoms with Crippen molar-refractivity contribution in [2.75, 3.05) is 0 Å². The van der Waals surface area contributed by atoms with Crippen LogP contribution < -0.4 is 11.2 Å². The molecule has 1 rings (SSSR count). The first kappa shape index (κ1) is 14.4. The van der Waals surface area contributed by atoms with Crippen molar-refractivity contribution in [2.45, 2.75) is 6.18 Å². The van der Waals surface area contributed by atoms with Crippen LogP contribution in [0.15, 0.2) is 23.3 Å². The number of urea groups is 1. The maximum atomic E-state index is 12.7. The van der Waals surface area contributed by atoms with Gasteiger partial charge < -0.3 is 5.73 Å². The zero-order valence-corrected chi connectivity index (χ0v) is 9.14. The summed E-state index contributed by atoms with van der Waals surface area (Å²) in [6.07, 6.45) is -4.27. The summed E-state index contributed by atoms with van der Waals surface area (Å²) >= 11 is 0. The number of carbonyl (C=O) groups is 1. The van der Waals surface area contributed by atoms with Crippen LogP contribution in [0, 0.1) is 10.1 Å². The number of nitrogens with zero attached hydrogens (tertiary/aromatic N) is 2. The minimum absolute atomic E-state index is 0.520. The van der Waals surface area contributed by atoms with Gasteiger partial charge in [0, 0.05) is 6.07 Å². The molecule has 2 amide bonds. The molecular weight excluding hydrogens is 269 g/mol. The standard InChI is InChI=1S/C9H7F3N4O3/c10-9(11,12)6-2-1-3-7(16(18)19)5(6)4-14-15-8(13)17/h1-4H,(H3,13,15,17). The fourth-order valence-corrected chi connectivity index (χ4v) is 1.26. The smallest absolute Gasteiger partial charge is 0.350 e. The molecular formula is C9H7F3N4O3. The molecule has 0 aliphatic heterocycles. The van der Waals surface area contributed by atoms with E-state index in [-0.39, 0.29) is 0 Å². The molecule has 0 unspecified atom stereocenters. The Bertz CT molecular complexity index is 542. The predicted molar refractivity (Wildman–Crippen MR) is 58.4 cm³/mol. The van der Waals surface area contributed by atoms with Gasteiger partial charge >= 0.3 is 12.2 Å². The number of rotatable bonds is 3. The summed E-state index contributed by atoms with van der Waals surface area (Å²) in [5.41, 5.74) is 3.52. The lowest BCUT2D eigenvalue weighted by Gasteiger charge is -2.09. The van der Waals surface area contributed by atoms with Gasteiger partial charge in [0.05, 0.1) is 22.3 Å². The van der Waals surface area contributed by atoms with E-state index in [0.29, 0.717) is 12.3 Å². The highest BCUT2D eigenvalue weighted by molar-refractivity contribution is 5.88. The number of halogens is 3. The third-order valence-electron chi connectivity index (χ3n) is 1.95. The van der Waals surface area contributed by atoms with E-state index in [9.17, 15) is 28.1 Å². The molecule has 3 N–H and O–H groups in total. The first-order valence-electron chi connectivity index (χ1n) is 4.66. The Morgan fingerprint density at radius 2 is 2.11 bits per heavy atom. The van der Waals surface area contributed by atoms with Crippen LogP contribution in [0.3, 0.4) is 0 Å². The van der Waals surface area contributed by atoms with Crippen molar-refractivity contribution in [3.63, 3.8) is 0 Å². The molecule has 0 aliphatic carbocycles. The zero-order chi connectivity index (χ0) is 14.6. The topological polar surface area (TPSA) is 111 Å². The molecule has 10 heteroatoms. The summed E-state index contributed by atoms with van der Waals surface area (Å²) in [5.74, 6) is 0. The van der Waals surface area contributed by atoms with E-state index in [0.717, 1.165) is 12.1 Å². The van der Waals surface area contributed by atoms with Crippen molar-refractivity contribution < 1.29 is 22.9 Å². The maximum Gasteiger partial charge on any atom is 0.417 e. The fraction of sp³-hybridized carbons (Fsp3) is 0.111. The predicted octanol–water partition coefficient (Wildman–Crippen LogP) is 1.62. The van der Waals surface area contributed by atoms with Crippen molar-refractivity contribution in [1.29, 1.82) is 0 Å². The van der Waals surface area contributed by atoms with Crippen LogP contribution in [0.1, 0.15) is 11.1 Å². The van der Waals surface area contributed by atoms with E-state index in [1.54, 1.807) is 5.43 Å². The van der Waals surface area contributed by atoms with Crippen molar-refractivity contribution in [3.8, 4) is 0 Å². The van der Waals surface area contributed by atoms with Gasteiger partial charge in [-0.05, 0) is 6.07 Å². The number of carbonyl (C=O) groups excluding carboxylic acids is 1. The molecule has 0 radical (unpaired) electrons. The Kier molecular flexibility index (Phi) is 4.04. The van der Waals surface area contributed by atoms with E-state index in [2.05, 4.69) is 10.8 Å². The molecule has 7 nitrogen and oxygen atoms in total. The van der Waals surface area contributed by atoms with E-state index in [4.69, 9.17) is 0 Å². The minimum Gasteiger partial charge on any atom is -0.350 e. The SMILES string of the molecule is NC(=O)NN=Cc1c([N+](=O)[O-])cccc1C(F)(F)F. The summed E-state index contributed by atoms with van der Waals surface area (Å²) in [5, 5.41) is 13.8. The molecule has 0 aliphatic rings. The van der Waals surface area contributed by atoms with Crippen LogP contribution in [0.2, 0.25) is 0 Å². The lowest BCUT2D eigenvalue weighted by atomic mass is 10.1. The first-order valence-corrected chi connectivity index (χ1v) is 4.66. The monoisotopic (exact) mass is 276 g/mol. The van der Waals surface area contributed by atoms with E-state index in [1.807, 2.05) is 0 Å². The highest BCUT2D eigenvalue weighted by Crippen LogP contribution is 2.34. The highest BCUT2D eigenvalue weighted by Gasteiger charge is 2.36. The lowest BCUT2D eigenvalue weighted by Crippen LogP contribution is -2.24. The number of benzene rings is 1. The molecule has 1 aromatic rings. The van der Waals surface area contributed by atoms with Crippen LogP contribution in [-0.2, 0) is 6.18 Å². The Morgan fingerprint density at radius 1 is 1.47 bits per heavy atom. The molecule has 19 heavy (non-hydrogen) atoms. The Morgan fingerprint density at radius 3 is 2.58 bits per heavy atom. The molecule has 0 heterocycles. The maximum absolute atomic E-state index is 12.7. The summed E-state index contributed by atoms with van der Waals surface area (Å²) in [7, 11) is 0. The largest absolute Gasteiger partial charge is 0.417 e. The summed E-state index contributed by atoms with van der Waals surface area (Å²) in [6, 6.07) is 1.35. The van der Waals surface area contributed by atoms with Crippen LogP contribution >= 0.6 is 0 Å². The van der Waals surface area contributed by atoms with Gasteiger partial charge in [0.25, 0.3) is 5.69 Å². The van der Waals surface area contributed by atoms with Gasteiger partial charge in [0.2, 0.25) is 0 Å². The van der Waals surface area contributed by atoms with Crippen LogP contribution in [0.4, 0.5) is 23.7 Å². The van der Waals surface area contributed by atoms with Crippen molar-refractivity contribution >= 4 is 17.9 Å². The second kappa shape index (κ2) is 5.33. The van der Waals surface area contributed by atoms with Gasteiger partial charge in [-0.15, -0.1) is 0 Å². The highest BCUT2D eigenvalue weighted by atomic mass is 19.4. The van der Waals surface area contributed by atoms with Crippen molar-refractivity contribution in [1.82, 2.24) is 5.43 Å². The van der Waals surface area contributed by atoms with E-state index < -0.39 is 33.9 Å². The number of alkyl halides is 3. The van der Waals surface area contributed by atoms with E-state index in [1.165, 1.54) is 0 Å². The number of nitrogens with two attached hydrogens (primary N) is 1. The lowest BCUT2D eigenvalue weighted by molar-refractivity contribution is -0.385. The third kappa shape index (κ3) is 3.66. The van der Waals surface area contributed by atoms with Gasteiger partial charge in [0.1, 0.15) is 0 Å². The van der Waals surface area contributed by atoms with Crippen LogP contribution in [0.25, 0.3) is 0 Å². The molecule has 102 valence electrons. The molecule has 0 bridgehead atoms. The normalized spacial score (nSPS) is 11.5. The summed E-state index contributed by atoms with van der Waals surface area (Å²) in [6.45, 7) is 0. The molecule has 1 aromatic carbocycles. The molecule has 0 fully saturated rings. The molecule has 0 aromatic heterocycles. The number of nitro benzene ring substituents is 1. The van der Waals surface area contributed by atoms with Gasteiger partial charge in [-0.2, -0.15) is 18.3 Å². The number of hydrogen-bond acceptors (Lipinski definition) is 4. The number of nitrogens with one attached hydrogen (secondary N) is 1. The van der Waals surface area contributed by atoms with Gasteiger partial charge in [-0.3, -0.25) is 10.1 Å². The van der Waals surface area contributed by atoms with Gasteiger partial charge in [-0.1, -0.05) is 6.07 Å². The summed E-state index contributed by atoms with van der Waals surface area (Å²) in [4.78, 5) is 20.0. The fourth-order valence-electron chi connectivity index (χ4n) is 1.26. The van der Waals surface area contributed by atoms with Crippen LogP contribution in [-0.4, -0.2) is 17.2 Å². The molecule has 0 saturated heterocycles. The third-order valence-corrected chi connectivity index (χ3v) is 1.95. The Labute approximate surface area is 104 Å². The number of nitro groups is 1. The van der Waals surface area contributed by atoms with Crippen LogP contribution in [0.5, 0.6) is 0 Å². The van der Waals surface area contributed by atoms with Gasteiger partial charge in [0.15, 0.2) is 0 Å². The molecule has 0 saturated carbocycles.